The van der Waals surface area contributed by atoms with Crippen molar-refractivity contribution in [3.05, 3.63) is 12.3 Å². The van der Waals surface area contributed by atoms with E-state index >= 15 is 0 Å². The molecular formula is C19H40O2Sn. The van der Waals surface area contributed by atoms with E-state index in [-0.39, 0.29) is 6.29 Å². The molecule has 0 rings (SSSR count). The van der Waals surface area contributed by atoms with E-state index in [0.29, 0.717) is 6.61 Å². The SMILES string of the molecule is CCC[CH2][Sn]([CH2]/C=C\OC(C)OCC)([CH2]CCC)[CH2]CCC. The molecule has 0 saturated carbocycles. The van der Waals surface area contributed by atoms with E-state index in [1.807, 2.05) is 20.1 Å². The molecule has 0 aliphatic rings. The van der Waals surface area contributed by atoms with Crippen LogP contribution in [-0.4, -0.2) is 31.3 Å². The third-order valence-electron chi connectivity index (χ3n) is 4.50. The average molecular weight is 419 g/mol. The van der Waals surface area contributed by atoms with Crippen LogP contribution in [0.2, 0.25) is 17.7 Å². The van der Waals surface area contributed by atoms with E-state index in [0.717, 1.165) is 0 Å². The maximum atomic E-state index is 5.62. The number of rotatable bonds is 15. The molecule has 1 atom stereocenters. The van der Waals surface area contributed by atoms with E-state index in [1.54, 1.807) is 13.3 Å². The average Bonchev–Trinajstić information content (AvgIpc) is 2.52. The van der Waals surface area contributed by atoms with E-state index in [1.165, 1.54) is 43.0 Å². The Hall–Kier alpha value is 0.299. The van der Waals surface area contributed by atoms with Crippen molar-refractivity contribution in [1.29, 1.82) is 0 Å². The third kappa shape index (κ3) is 10.9. The Morgan fingerprint density at radius 3 is 1.77 bits per heavy atom. The van der Waals surface area contributed by atoms with E-state index in [9.17, 15) is 0 Å². The summed E-state index contributed by atoms with van der Waals surface area (Å²) in [5, 5.41) is 0. The Morgan fingerprint density at radius 1 is 0.864 bits per heavy atom. The third-order valence-corrected chi connectivity index (χ3v) is 19.8. The molecule has 0 amide bonds. The fourth-order valence-electron chi connectivity index (χ4n) is 3.07. The number of allylic oxidation sites excluding steroid dienone is 1. The fourth-order valence-corrected chi connectivity index (χ4v) is 18.1. The van der Waals surface area contributed by atoms with Gasteiger partial charge in [-0.1, -0.05) is 0 Å². The summed E-state index contributed by atoms with van der Waals surface area (Å²) in [5.74, 6) is 0. The van der Waals surface area contributed by atoms with E-state index < -0.39 is 18.4 Å². The second-order valence-corrected chi connectivity index (χ2v) is 20.6. The van der Waals surface area contributed by atoms with Gasteiger partial charge >= 0.3 is 144 Å². The normalized spacial score (nSPS) is 13.7. The standard InChI is InChI=1S/C7H13O2.3C4H9.Sn/c1-4-6-9-7(3)8-5-2;3*1-3-4-2;/h4,6-7H,1,5H2,2-3H3;3*1,3-4H2,2H3;/b6-4-;;;;. The Morgan fingerprint density at radius 2 is 1.36 bits per heavy atom. The summed E-state index contributed by atoms with van der Waals surface area (Å²) in [7, 11) is 0. The molecule has 0 bridgehead atoms. The summed E-state index contributed by atoms with van der Waals surface area (Å²) in [4.78, 5) is 0. The van der Waals surface area contributed by atoms with Crippen LogP contribution in [0.1, 0.15) is 73.1 Å². The molecule has 0 fully saturated rings. The number of ether oxygens (including phenoxy) is 2. The number of unbranched alkanes of at least 4 members (excludes halogenated alkanes) is 3. The van der Waals surface area contributed by atoms with Crippen LogP contribution in [0.15, 0.2) is 12.3 Å². The predicted molar refractivity (Wildman–Crippen MR) is 101 cm³/mol. The molecule has 1 unspecified atom stereocenters. The van der Waals surface area contributed by atoms with Crippen molar-refractivity contribution >= 4 is 18.4 Å². The van der Waals surface area contributed by atoms with Crippen molar-refractivity contribution in [2.24, 2.45) is 0 Å². The molecule has 0 N–H and O–H groups in total. The first-order valence-corrected chi connectivity index (χ1v) is 17.6. The molecule has 0 aliphatic heterocycles. The molecule has 0 aromatic rings. The van der Waals surface area contributed by atoms with Gasteiger partial charge in [0.25, 0.3) is 0 Å². The molecule has 0 saturated heterocycles. The maximum absolute atomic E-state index is 5.62. The fraction of sp³-hybridized carbons (Fsp3) is 0.895. The molecular weight excluding hydrogens is 379 g/mol. The first kappa shape index (κ1) is 22.3. The Bertz CT molecular complexity index is 244. The molecule has 2 nitrogen and oxygen atoms in total. The van der Waals surface area contributed by atoms with Crippen molar-refractivity contribution in [3.63, 3.8) is 0 Å². The van der Waals surface area contributed by atoms with Crippen molar-refractivity contribution in [2.75, 3.05) is 6.61 Å². The number of hydrogen-bond acceptors (Lipinski definition) is 2. The number of hydrogen-bond donors (Lipinski definition) is 0. The van der Waals surface area contributed by atoms with Crippen LogP contribution in [0.5, 0.6) is 0 Å². The quantitative estimate of drug-likeness (QED) is 0.166. The van der Waals surface area contributed by atoms with Gasteiger partial charge in [0.1, 0.15) is 0 Å². The molecule has 0 aromatic carbocycles. The summed E-state index contributed by atoms with van der Waals surface area (Å²) in [6.07, 6.45) is 12.5. The summed E-state index contributed by atoms with van der Waals surface area (Å²) in [6.45, 7) is 11.7. The molecule has 0 radical (unpaired) electrons. The molecule has 0 aliphatic carbocycles. The van der Waals surface area contributed by atoms with Gasteiger partial charge < -0.3 is 0 Å². The predicted octanol–water partition coefficient (Wildman–Crippen LogP) is 6.75. The molecule has 0 heterocycles. The van der Waals surface area contributed by atoms with Gasteiger partial charge in [-0.15, -0.1) is 0 Å². The topological polar surface area (TPSA) is 18.5 Å². The van der Waals surface area contributed by atoms with Crippen LogP contribution >= 0.6 is 0 Å². The molecule has 0 aromatic heterocycles. The van der Waals surface area contributed by atoms with Gasteiger partial charge in [-0.3, -0.25) is 0 Å². The zero-order chi connectivity index (χ0) is 16.7. The Balaban J connectivity index is 4.59. The van der Waals surface area contributed by atoms with Gasteiger partial charge in [-0.2, -0.15) is 0 Å². The minimum atomic E-state index is -2.00. The van der Waals surface area contributed by atoms with Crippen molar-refractivity contribution in [2.45, 2.75) is 97.2 Å². The molecule has 132 valence electrons. The van der Waals surface area contributed by atoms with Crippen LogP contribution < -0.4 is 0 Å². The monoisotopic (exact) mass is 420 g/mol. The van der Waals surface area contributed by atoms with Crippen LogP contribution in [0.4, 0.5) is 0 Å². The summed E-state index contributed by atoms with van der Waals surface area (Å²) in [5.41, 5.74) is 0. The Kier molecular flexibility index (Phi) is 15.1. The van der Waals surface area contributed by atoms with Crippen molar-refractivity contribution in [3.8, 4) is 0 Å². The van der Waals surface area contributed by atoms with Crippen LogP contribution in [-0.2, 0) is 9.47 Å². The van der Waals surface area contributed by atoms with Gasteiger partial charge in [0.15, 0.2) is 0 Å². The summed E-state index contributed by atoms with van der Waals surface area (Å²) < 4.78 is 17.1. The molecule has 22 heavy (non-hydrogen) atoms. The first-order valence-electron chi connectivity index (χ1n) is 9.56. The summed E-state index contributed by atoms with van der Waals surface area (Å²) >= 11 is -2.00. The van der Waals surface area contributed by atoms with Crippen LogP contribution in [0.3, 0.4) is 0 Å². The zero-order valence-electron chi connectivity index (χ0n) is 15.8. The Labute approximate surface area is 143 Å². The zero-order valence-corrected chi connectivity index (χ0v) is 18.7. The van der Waals surface area contributed by atoms with Gasteiger partial charge in [-0.05, 0) is 0 Å². The van der Waals surface area contributed by atoms with Crippen molar-refractivity contribution in [1.82, 2.24) is 0 Å². The molecule has 3 heteroatoms. The second-order valence-electron chi connectivity index (χ2n) is 6.55. The van der Waals surface area contributed by atoms with Crippen molar-refractivity contribution < 1.29 is 9.47 Å². The van der Waals surface area contributed by atoms with E-state index in [4.69, 9.17) is 9.47 Å². The van der Waals surface area contributed by atoms with Gasteiger partial charge in [0, 0.05) is 0 Å². The van der Waals surface area contributed by atoms with Gasteiger partial charge in [-0.25, -0.2) is 0 Å². The van der Waals surface area contributed by atoms with Crippen LogP contribution in [0, 0.1) is 0 Å². The molecule has 0 spiro atoms. The van der Waals surface area contributed by atoms with Gasteiger partial charge in [0.2, 0.25) is 0 Å². The van der Waals surface area contributed by atoms with Gasteiger partial charge in [0.05, 0.1) is 0 Å². The van der Waals surface area contributed by atoms with Crippen LogP contribution in [0.25, 0.3) is 0 Å². The second kappa shape index (κ2) is 14.9. The summed E-state index contributed by atoms with van der Waals surface area (Å²) in [6, 6.07) is 0. The van der Waals surface area contributed by atoms with E-state index in [2.05, 4.69) is 26.8 Å². The minimum absolute atomic E-state index is 0.118. The first-order chi connectivity index (χ1) is 10.6.